The third-order valence-electron chi connectivity index (χ3n) is 6.79. The van der Waals surface area contributed by atoms with E-state index in [2.05, 4.69) is 0 Å². The van der Waals surface area contributed by atoms with Crippen LogP contribution < -0.4 is 31.8 Å². The molecule has 2 heterocycles. The maximum atomic E-state index is 13.0. The van der Waals surface area contributed by atoms with E-state index in [0.717, 1.165) is 12.1 Å². The Morgan fingerprint density at radius 2 is 1.22 bits per heavy atom. The van der Waals surface area contributed by atoms with Gasteiger partial charge in [0.05, 0.1) is 13.2 Å². The van der Waals surface area contributed by atoms with Crippen LogP contribution in [0.15, 0.2) is 67.0 Å². The van der Waals surface area contributed by atoms with E-state index in [1.54, 1.807) is 26.0 Å². The summed E-state index contributed by atoms with van der Waals surface area (Å²) >= 11 is 0. The van der Waals surface area contributed by atoms with Crippen LogP contribution >= 0.6 is 24.8 Å². The van der Waals surface area contributed by atoms with E-state index < -0.39 is 40.9 Å². The average molecular weight is 726 g/mol. The fourth-order valence-electron chi connectivity index (χ4n) is 4.56. The molecule has 0 aliphatic carbocycles. The summed E-state index contributed by atoms with van der Waals surface area (Å²) in [5, 5.41) is 0.100. The van der Waals surface area contributed by atoms with E-state index in [1.165, 1.54) is 24.3 Å². The van der Waals surface area contributed by atoms with Gasteiger partial charge in [-0.15, -0.1) is 24.8 Å². The molecule has 4 rings (SSSR count). The SMILES string of the molecule is CCOC(=O)c1cc(=O)c2c(OCC(COc3cccc4oc(C(=O)OCC)cc(=O)c34)OC(=O)[C@H](N)CCCCN)cccc2o1.Cl.Cl. The zero-order chi connectivity index (χ0) is 33.9. The third-order valence-corrected chi connectivity index (χ3v) is 6.79. The minimum absolute atomic E-state index is 0. The van der Waals surface area contributed by atoms with E-state index in [0.29, 0.717) is 25.8 Å². The fourth-order valence-corrected chi connectivity index (χ4v) is 4.56. The number of unbranched alkanes of at least 4 members (excludes halogenated alkanes) is 1. The predicted octanol–water partition coefficient (Wildman–Crippen LogP) is 3.92. The van der Waals surface area contributed by atoms with Crippen molar-refractivity contribution in [1.29, 1.82) is 0 Å². The highest BCUT2D eigenvalue weighted by Crippen LogP contribution is 2.26. The number of ether oxygens (including phenoxy) is 5. The summed E-state index contributed by atoms with van der Waals surface area (Å²) in [6.07, 6.45) is 0.555. The molecule has 0 aliphatic heterocycles. The van der Waals surface area contributed by atoms with Crippen molar-refractivity contribution in [2.75, 3.05) is 33.0 Å². The van der Waals surface area contributed by atoms with Gasteiger partial charge in [-0.1, -0.05) is 18.6 Å². The molecule has 0 fully saturated rings. The molecule has 0 saturated carbocycles. The number of fused-ring (bicyclic) bond motifs is 2. The number of hydrogen-bond acceptors (Lipinski definition) is 14. The van der Waals surface area contributed by atoms with E-state index in [1.807, 2.05) is 0 Å². The minimum Gasteiger partial charge on any atom is -0.489 e. The highest BCUT2D eigenvalue weighted by Gasteiger charge is 2.24. The molecular weight excluding hydrogens is 687 g/mol. The molecule has 14 nitrogen and oxygen atoms in total. The molecule has 1 atom stereocenters. The second kappa shape index (κ2) is 19.4. The van der Waals surface area contributed by atoms with Crippen molar-refractivity contribution >= 4 is 64.7 Å². The first kappa shape index (κ1) is 40.5. The lowest BCUT2D eigenvalue weighted by Gasteiger charge is -2.21. The zero-order valence-electron chi connectivity index (χ0n) is 26.8. The van der Waals surface area contributed by atoms with Crippen molar-refractivity contribution in [1.82, 2.24) is 0 Å². The monoisotopic (exact) mass is 724 g/mol. The van der Waals surface area contributed by atoms with Crippen molar-refractivity contribution in [3.05, 3.63) is 80.5 Å². The largest absolute Gasteiger partial charge is 0.489 e. The van der Waals surface area contributed by atoms with Gasteiger partial charge in [0.2, 0.25) is 11.5 Å². The molecular formula is C33H38Cl2N2O12. The Hall–Kier alpha value is -4.63. The molecule has 16 heteroatoms. The van der Waals surface area contributed by atoms with Crippen molar-refractivity contribution < 1.29 is 46.9 Å². The van der Waals surface area contributed by atoms with E-state index in [-0.39, 0.29) is 96.2 Å². The summed E-state index contributed by atoms with van der Waals surface area (Å²) in [5.41, 5.74) is 10.6. The molecule has 0 unspecified atom stereocenters. The second-order valence-corrected chi connectivity index (χ2v) is 10.2. The summed E-state index contributed by atoms with van der Waals surface area (Å²) in [7, 11) is 0. The minimum atomic E-state index is -1.08. The quantitative estimate of drug-likeness (QED) is 0.0953. The fraction of sp³-hybridized carbons (Fsp3) is 0.364. The number of carbonyl (C=O) groups is 3. The van der Waals surface area contributed by atoms with E-state index in [9.17, 15) is 24.0 Å². The lowest BCUT2D eigenvalue weighted by atomic mass is 10.1. The third kappa shape index (κ3) is 10.4. The van der Waals surface area contributed by atoms with Gasteiger partial charge in [-0.05, 0) is 57.5 Å². The second-order valence-electron chi connectivity index (χ2n) is 10.2. The topological polar surface area (TPSA) is 210 Å². The zero-order valence-corrected chi connectivity index (χ0v) is 28.4. The normalized spacial score (nSPS) is 11.3. The van der Waals surface area contributed by atoms with Crippen LogP contribution in [0.5, 0.6) is 11.5 Å². The molecule has 0 bridgehead atoms. The van der Waals surface area contributed by atoms with Crippen molar-refractivity contribution in [2.45, 2.75) is 45.3 Å². The number of esters is 3. The van der Waals surface area contributed by atoms with Gasteiger partial charge in [0, 0.05) is 12.1 Å². The van der Waals surface area contributed by atoms with Crippen molar-refractivity contribution in [3.8, 4) is 11.5 Å². The smallest absolute Gasteiger partial charge is 0.374 e. The molecule has 0 amide bonds. The summed E-state index contributed by atoms with van der Waals surface area (Å²) in [6.45, 7) is 3.30. The van der Waals surface area contributed by atoms with Gasteiger partial charge in [-0.3, -0.25) is 14.4 Å². The van der Waals surface area contributed by atoms with Gasteiger partial charge >= 0.3 is 17.9 Å². The van der Waals surface area contributed by atoms with Crippen LogP contribution in [0, 0.1) is 0 Å². The van der Waals surface area contributed by atoms with Gasteiger partial charge in [-0.25, -0.2) is 9.59 Å². The Morgan fingerprint density at radius 3 is 1.65 bits per heavy atom. The maximum absolute atomic E-state index is 13.0. The van der Waals surface area contributed by atoms with Crippen molar-refractivity contribution in [2.24, 2.45) is 11.5 Å². The van der Waals surface area contributed by atoms with Crippen LogP contribution in [0.4, 0.5) is 0 Å². The highest BCUT2D eigenvalue weighted by molar-refractivity contribution is 5.91. The van der Waals surface area contributed by atoms with Crippen LogP contribution in [-0.2, 0) is 19.0 Å². The first-order valence-electron chi connectivity index (χ1n) is 15.1. The highest BCUT2D eigenvalue weighted by atomic mass is 35.5. The Kier molecular flexibility index (Phi) is 16.0. The molecule has 0 saturated heterocycles. The Labute approximate surface area is 292 Å². The van der Waals surface area contributed by atoms with E-state index >= 15 is 0 Å². The van der Waals surface area contributed by atoms with E-state index in [4.69, 9.17) is 44.0 Å². The molecule has 2 aromatic carbocycles. The summed E-state index contributed by atoms with van der Waals surface area (Å²) in [5.74, 6) is -2.63. The van der Waals surface area contributed by atoms with Gasteiger partial charge in [0.15, 0.2) is 17.0 Å². The number of hydrogen-bond donors (Lipinski definition) is 2. The molecule has 266 valence electrons. The molecule has 2 aromatic heterocycles. The molecule has 4 N–H and O–H groups in total. The van der Waals surface area contributed by atoms with Crippen LogP contribution in [0.3, 0.4) is 0 Å². The molecule has 49 heavy (non-hydrogen) atoms. The van der Waals surface area contributed by atoms with Gasteiger partial charge < -0.3 is 44.0 Å². The van der Waals surface area contributed by atoms with Crippen LogP contribution in [0.25, 0.3) is 21.9 Å². The number of rotatable bonds is 16. The maximum Gasteiger partial charge on any atom is 0.374 e. The average Bonchev–Trinajstić information content (AvgIpc) is 3.05. The molecule has 0 aliphatic rings. The van der Waals surface area contributed by atoms with Crippen LogP contribution in [0.2, 0.25) is 0 Å². The first-order valence-corrected chi connectivity index (χ1v) is 15.1. The van der Waals surface area contributed by atoms with Crippen molar-refractivity contribution in [3.63, 3.8) is 0 Å². The molecule has 0 spiro atoms. The first-order chi connectivity index (χ1) is 22.7. The Morgan fingerprint density at radius 1 is 0.755 bits per heavy atom. The van der Waals surface area contributed by atoms with Gasteiger partial charge in [-0.2, -0.15) is 0 Å². The van der Waals surface area contributed by atoms with Crippen LogP contribution in [-0.4, -0.2) is 63.0 Å². The lowest BCUT2D eigenvalue weighted by Crippen LogP contribution is -2.39. The summed E-state index contributed by atoms with van der Waals surface area (Å²) in [4.78, 5) is 63.1. The van der Waals surface area contributed by atoms with Crippen LogP contribution in [0.1, 0.15) is 54.2 Å². The Bertz CT molecular complexity index is 1740. The number of carbonyl (C=O) groups excluding carboxylic acids is 3. The number of halogens is 2. The number of benzene rings is 2. The standard InChI is InChI=1S/C33H36N2O12.2ClH/c1-3-41-32(39)27-15-21(36)29-23(10-7-12-25(29)46-27)43-17-19(45-31(38)20(35)9-5-6-14-34)18-44-24-11-8-13-26-30(24)22(37)16-28(47-26)33(40)42-4-2;;/h7-8,10-13,15-16,19-20H,3-6,9,14,17-18,34-35H2,1-2H3;2*1H/t20-;;/m1../s1. The van der Waals surface area contributed by atoms with Gasteiger partial charge in [0.25, 0.3) is 0 Å². The predicted molar refractivity (Wildman–Crippen MR) is 183 cm³/mol. The summed E-state index contributed by atoms with van der Waals surface area (Å²) < 4.78 is 38.5. The Balaban J connectivity index is 0.00000417. The summed E-state index contributed by atoms with van der Waals surface area (Å²) in [6, 6.07) is 10.2. The molecule has 0 radical (unpaired) electrons. The molecule has 4 aromatic rings. The number of nitrogens with two attached hydrogens (primary N) is 2. The van der Waals surface area contributed by atoms with Gasteiger partial charge in [0.1, 0.15) is 52.7 Å². The lowest BCUT2D eigenvalue weighted by molar-refractivity contribution is -0.154.